The van der Waals surface area contributed by atoms with Crippen molar-refractivity contribution in [3.05, 3.63) is 65.2 Å². The molecular formula is C21H24N2O3. The normalized spacial score (nSPS) is 17.0. The van der Waals surface area contributed by atoms with E-state index in [2.05, 4.69) is 12.2 Å². The van der Waals surface area contributed by atoms with Crippen molar-refractivity contribution < 1.29 is 14.7 Å². The molecule has 1 saturated heterocycles. The zero-order valence-electron chi connectivity index (χ0n) is 14.9. The molecule has 136 valence electrons. The van der Waals surface area contributed by atoms with E-state index in [1.165, 1.54) is 6.42 Å². The smallest absolute Gasteiger partial charge is 0.335 e. The molecule has 0 aliphatic carbocycles. The summed E-state index contributed by atoms with van der Waals surface area (Å²) in [6.07, 6.45) is 3.35. The van der Waals surface area contributed by atoms with E-state index in [4.69, 9.17) is 5.11 Å². The van der Waals surface area contributed by atoms with Crippen molar-refractivity contribution >= 4 is 17.6 Å². The molecule has 0 aromatic heterocycles. The van der Waals surface area contributed by atoms with Crippen LogP contribution < -0.4 is 5.32 Å². The van der Waals surface area contributed by atoms with Crippen LogP contribution in [0.25, 0.3) is 0 Å². The number of likely N-dealkylation sites (tertiary alicyclic amines) is 1. The lowest BCUT2D eigenvalue weighted by Gasteiger charge is -2.33. The number of piperidine rings is 1. The number of carboxylic acid groups (broad SMARTS) is 1. The van der Waals surface area contributed by atoms with Gasteiger partial charge in [0.05, 0.1) is 5.56 Å². The Morgan fingerprint density at radius 2 is 1.69 bits per heavy atom. The van der Waals surface area contributed by atoms with Crippen LogP contribution in [0.3, 0.4) is 0 Å². The molecule has 1 unspecified atom stereocenters. The van der Waals surface area contributed by atoms with Gasteiger partial charge in [0.25, 0.3) is 5.91 Å². The fraction of sp³-hybridized carbons (Fsp3) is 0.333. The summed E-state index contributed by atoms with van der Waals surface area (Å²) in [4.78, 5) is 25.5. The SMILES string of the molecule is CC1CCCCN1C(=O)c1ccc(NCc2ccc(C(=O)O)cc2)cc1. The second-order valence-corrected chi connectivity index (χ2v) is 6.78. The molecule has 5 heteroatoms. The fourth-order valence-electron chi connectivity index (χ4n) is 3.27. The molecule has 3 rings (SSSR count). The summed E-state index contributed by atoms with van der Waals surface area (Å²) in [6.45, 7) is 3.55. The summed E-state index contributed by atoms with van der Waals surface area (Å²) < 4.78 is 0. The molecule has 1 atom stereocenters. The molecule has 2 aromatic carbocycles. The van der Waals surface area contributed by atoms with Gasteiger partial charge >= 0.3 is 5.97 Å². The van der Waals surface area contributed by atoms with Crippen molar-refractivity contribution in [3.8, 4) is 0 Å². The van der Waals surface area contributed by atoms with E-state index < -0.39 is 5.97 Å². The predicted molar refractivity (Wildman–Crippen MR) is 102 cm³/mol. The van der Waals surface area contributed by atoms with Crippen molar-refractivity contribution in [2.24, 2.45) is 0 Å². The molecule has 1 heterocycles. The predicted octanol–water partition coefficient (Wildman–Crippen LogP) is 4.01. The molecule has 0 bridgehead atoms. The number of aromatic carboxylic acids is 1. The highest BCUT2D eigenvalue weighted by Gasteiger charge is 2.23. The molecule has 0 radical (unpaired) electrons. The minimum Gasteiger partial charge on any atom is -0.478 e. The Hall–Kier alpha value is -2.82. The third-order valence-corrected chi connectivity index (χ3v) is 4.89. The summed E-state index contributed by atoms with van der Waals surface area (Å²) in [5, 5.41) is 12.2. The number of anilines is 1. The van der Waals surface area contributed by atoms with Gasteiger partial charge in [-0.2, -0.15) is 0 Å². The topological polar surface area (TPSA) is 69.6 Å². The van der Waals surface area contributed by atoms with Gasteiger partial charge in [0.15, 0.2) is 0 Å². The number of carbonyl (C=O) groups excluding carboxylic acids is 1. The molecular weight excluding hydrogens is 328 g/mol. The molecule has 0 spiro atoms. The summed E-state index contributed by atoms with van der Waals surface area (Å²) in [5.41, 5.74) is 2.92. The molecule has 2 N–H and O–H groups in total. The molecule has 1 aliphatic rings. The van der Waals surface area contributed by atoms with Crippen molar-refractivity contribution in [2.45, 2.75) is 38.8 Å². The van der Waals surface area contributed by atoms with Gasteiger partial charge in [-0.3, -0.25) is 4.79 Å². The van der Waals surface area contributed by atoms with Crippen LogP contribution >= 0.6 is 0 Å². The number of hydrogen-bond acceptors (Lipinski definition) is 3. The lowest BCUT2D eigenvalue weighted by atomic mass is 10.0. The molecule has 0 saturated carbocycles. The van der Waals surface area contributed by atoms with Gasteiger partial charge in [-0.1, -0.05) is 12.1 Å². The van der Waals surface area contributed by atoms with E-state index in [0.717, 1.165) is 36.2 Å². The van der Waals surface area contributed by atoms with Gasteiger partial charge in [-0.05, 0) is 68.1 Å². The summed E-state index contributed by atoms with van der Waals surface area (Å²) in [7, 11) is 0. The zero-order chi connectivity index (χ0) is 18.5. The van der Waals surface area contributed by atoms with E-state index in [1.807, 2.05) is 29.2 Å². The Morgan fingerprint density at radius 3 is 2.31 bits per heavy atom. The van der Waals surface area contributed by atoms with E-state index >= 15 is 0 Å². The molecule has 5 nitrogen and oxygen atoms in total. The molecule has 1 fully saturated rings. The van der Waals surface area contributed by atoms with Crippen LogP contribution in [0, 0.1) is 0 Å². The Bertz CT molecular complexity index is 769. The van der Waals surface area contributed by atoms with Crippen LogP contribution in [-0.4, -0.2) is 34.5 Å². The van der Waals surface area contributed by atoms with Crippen LogP contribution in [-0.2, 0) is 6.54 Å². The second-order valence-electron chi connectivity index (χ2n) is 6.78. The van der Waals surface area contributed by atoms with Crippen LogP contribution in [0.5, 0.6) is 0 Å². The number of rotatable bonds is 5. The maximum atomic E-state index is 12.6. The quantitative estimate of drug-likeness (QED) is 0.853. The summed E-state index contributed by atoms with van der Waals surface area (Å²) >= 11 is 0. The summed E-state index contributed by atoms with van der Waals surface area (Å²) in [5.74, 6) is -0.819. The van der Waals surface area contributed by atoms with Crippen molar-refractivity contribution in [2.75, 3.05) is 11.9 Å². The van der Waals surface area contributed by atoms with Crippen molar-refractivity contribution in [1.29, 1.82) is 0 Å². The highest BCUT2D eigenvalue weighted by molar-refractivity contribution is 5.94. The molecule has 1 amide bonds. The summed E-state index contributed by atoms with van der Waals surface area (Å²) in [6, 6.07) is 14.6. The van der Waals surface area contributed by atoms with Crippen LogP contribution in [0.15, 0.2) is 48.5 Å². The fourth-order valence-corrected chi connectivity index (χ4v) is 3.27. The highest BCUT2D eigenvalue weighted by atomic mass is 16.4. The Labute approximate surface area is 153 Å². The standard InChI is InChI=1S/C21H24N2O3/c1-15-4-2-3-13-23(15)20(24)17-9-11-19(12-10-17)22-14-16-5-7-18(8-6-16)21(25)26/h5-12,15,22H,2-4,13-14H2,1H3,(H,25,26). The van der Waals surface area contributed by atoms with Crippen LogP contribution in [0.4, 0.5) is 5.69 Å². The Kier molecular flexibility index (Phi) is 5.56. The van der Waals surface area contributed by atoms with Gasteiger partial charge < -0.3 is 15.3 Å². The molecule has 26 heavy (non-hydrogen) atoms. The van der Waals surface area contributed by atoms with Gasteiger partial charge in [0, 0.05) is 30.4 Å². The van der Waals surface area contributed by atoms with E-state index in [0.29, 0.717) is 12.6 Å². The number of carboxylic acids is 1. The number of nitrogens with one attached hydrogen (secondary N) is 1. The first-order chi connectivity index (χ1) is 12.5. The first-order valence-corrected chi connectivity index (χ1v) is 9.02. The molecule has 2 aromatic rings. The van der Waals surface area contributed by atoms with Crippen LogP contribution in [0.2, 0.25) is 0 Å². The first kappa shape index (κ1) is 18.0. The van der Waals surface area contributed by atoms with E-state index in [-0.39, 0.29) is 11.5 Å². The van der Waals surface area contributed by atoms with Crippen molar-refractivity contribution in [3.63, 3.8) is 0 Å². The molecule has 1 aliphatic heterocycles. The van der Waals surface area contributed by atoms with E-state index in [9.17, 15) is 9.59 Å². The van der Waals surface area contributed by atoms with Gasteiger partial charge in [0.1, 0.15) is 0 Å². The second kappa shape index (κ2) is 8.04. The zero-order valence-corrected chi connectivity index (χ0v) is 14.9. The number of amides is 1. The maximum Gasteiger partial charge on any atom is 0.335 e. The minimum absolute atomic E-state index is 0.105. The van der Waals surface area contributed by atoms with Gasteiger partial charge in [-0.15, -0.1) is 0 Å². The van der Waals surface area contributed by atoms with Crippen LogP contribution in [0.1, 0.15) is 52.5 Å². The van der Waals surface area contributed by atoms with E-state index in [1.54, 1.807) is 24.3 Å². The number of carbonyl (C=O) groups is 2. The third-order valence-electron chi connectivity index (χ3n) is 4.89. The number of nitrogens with zero attached hydrogens (tertiary/aromatic N) is 1. The lowest BCUT2D eigenvalue weighted by molar-refractivity contribution is 0.0634. The highest BCUT2D eigenvalue weighted by Crippen LogP contribution is 2.20. The third kappa shape index (κ3) is 4.23. The van der Waals surface area contributed by atoms with Gasteiger partial charge in [-0.25, -0.2) is 4.79 Å². The minimum atomic E-state index is -0.923. The van der Waals surface area contributed by atoms with Gasteiger partial charge in [0.2, 0.25) is 0 Å². The Morgan fingerprint density at radius 1 is 1.04 bits per heavy atom. The number of hydrogen-bond donors (Lipinski definition) is 2. The van der Waals surface area contributed by atoms with Crippen molar-refractivity contribution in [1.82, 2.24) is 4.90 Å². The lowest BCUT2D eigenvalue weighted by Crippen LogP contribution is -2.41. The average Bonchev–Trinajstić information content (AvgIpc) is 2.67. The average molecular weight is 352 g/mol. The largest absolute Gasteiger partial charge is 0.478 e. The maximum absolute atomic E-state index is 12.6. The first-order valence-electron chi connectivity index (χ1n) is 9.02. The Balaban J connectivity index is 1.59. The number of benzene rings is 2. The monoisotopic (exact) mass is 352 g/mol.